The summed E-state index contributed by atoms with van der Waals surface area (Å²) in [4.78, 5) is 11.0. The van der Waals surface area contributed by atoms with E-state index in [0.29, 0.717) is 18.0 Å². The van der Waals surface area contributed by atoms with Crippen molar-refractivity contribution in [3.63, 3.8) is 0 Å². The van der Waals surface area contributed by atoms with Crippen molar-refractivity contribution in [1.29, 1.82) is 0 Å². The molecule has 0 aliphatic carbocycles. The van der Waals surface area contributed by atoms with E-state index in [1.165, 1.54) is 0 Å². The summed E-state index contributed by atoms with van der Waals surface area (Å²) < 4.78 is 5.34. The van der Waals surface area contributed by atoms with E-state index in [0.717, 1.165) is 16.9 Å². The van der Waals surface area contributed by atoms with Gasteiger partial charge in [-0.1, -0.05) is 11.6 Å². The van der Waals surface area contributed by atoms with Gasteiger partial charge in [0.2, 0.25) is 0 Å². The molecule has 0 radical (unpaired) electrons. The lowest BCUT2D eigenvalue weighted by Crippen LogP contribution is -2.17. The highest BCUT2D eigenvalue weighted by Gasteiger charge is 2.31. The van der Waals surface area contributed by atoms with E-state index >= 15 is 0 Å². The number of rotatable bonds is 3. The zero-order valence-electron chi connectivity index (χ0n) is 10.4. The number of carbonyl (C=O) groups is 1. The average Bonchev–Trinajstić information content (AvgIpc) is 2.81. The molecule has 4 nitrogen and oxygen atoms in total. The Balaban J connectivity index is 2.29. The highest BCUT2D eigenvalue weighted by Crippen LogP contribution is 2.36. The van der Waals surface area contributed by atoms with Crippen LogP contribution >= 0.6 is 11.6 Å². The number of carboxylic acids is 1. The minimum absolute atomic E-state index is 0.0147. The Kier molecular flexibility index (Phi) is 3.78. The summed E-state index contributed by atoms with van der Waals surface area (Å²) in [6.45, 7) is 2.39. The quantitative estimate of drug-likeness (QED) is 0.885. The maximum absolute atomic E-state index is 11.0. The van der Waals surface area contributed by atoms with E-state index in [-0.39, 0.29) is 12.0 Å². The first kappa shape index (κ1) is 13.2. The Morgan fingerprint density at radius 1 is 1.56 bits per heavy atom. The highest BCUT2D eigenvalue weighted by molar-refractivity contribution is 6.31. The van der Waals surface area contributed by atoms with Gasteiger partial charge in [0.15, 0.2) is 0 Å². The van der Waals surface area contributed by atoms with E-state index in [9.17, 15) is 4.79 Å². The molecule has 1 aliphatic heterocycles. The Morgan fingerprint density at radius 3 is 2.83 bits per heavy atom. The zero-order valence-corrected chi connectivity index (χ0v) is 11.1. The Morgan fingerprint density at radius 2 is 2.28 bits per heavy atom. The summed E-state index contributed by atoms with van der Waals surface area (Å²) in [6.07, 6.45) is 0.561. The first-order valence-electron chi connectivity index (χ1n) is 5.83. The van der Waals surface area contributed by atoms with Crippen LogP contribution < -0.4 is 10.1 Å². The number of halogens is 1. The third-order valence-electron chi connectivity index (χ3n) is 3.37. The van der Waals surface area contributed by atoms with Crippen LogP contribution in [0.15, 0.2) is 12.1 Å². The minimum Gasteiger partial charge on any atom is -0.496 e. The molecule has 0 spiro atoms. The molecule has 2 atom stereocenters. The number of hydrogen-bond acceptors (Lipinski definition) is 3. The average molecular weight is 270 g/mol. The summed E-state index contributed by atoms with van der Waals surface area (Å²) in [5.41, 5.74) is 1.88. The highest BCUT2D eigenvalue weighted by atomic mass is 35.5. The predicted molar refractivity (Wildman–Crippen MR) is 69.2 cm³/mol. The second kappa shape index (κ2) is 5.16. The van der Waals surface area contributed by atoms with Gasteiger partial charge >= 0.3 is 5.97 Å². The van der Waals surface area contributed by atoms with Gasteiger partial charge in [-0.3, -0.25) is 4.79 Å². The van der Waals surface area contributed by atoms with Gasteiger partial charge in [0, 0.05) is 23.2 Å². The number of carboxylic acid groups (broad SMARTS) is 1. The van der Waals surface area contributed by atoms with E-state index in [1.807, 2.05) is 19.1 Å². The molecule has 1 heterocycles. The van der Waals surface area contributed by atoms with Gasteiger partial charge in [-0.15, -0.1) is 0 Å². The molecular formula is C13H16ClNO3. The number of benzene rings is 1. The van der Waals surface area contributed by atoms with Gasteiger partial charge in [0.05, 0.1) is 13.0 Å². The summed E-state index contributed by atoms with van der Waals surface area (Å²) in [5.74, 6) is -0.359. The second-order valence-corrected chi connectivity index (χ2v) is 4.98. The van der Waals surface area contributed by atoms with E-state index in [1.54, 1.807) is 7.11 Å². The van der Waals surface area contributed by atoms with E-state index in [4.69, 9.17) is 21.4 Å². The predicted octanol–water partition coefficient (Wildman–Crippen LogP) is 2.39. The lowest BCUT2D eigenvalue weighted by atomic mass is 9.98. The normalized spacial score (nSPS) is 23.1. The van der Waals surface area contributed by atoms with Gasteiger partial charge in [0.1, 0.15) is 5.75 Å². The third-order valence-corrected chi connectivity index (χ3v) is 3.77. The van der Waals surface area contributed by atoms with Crippen LogP contribution in [0.2, 0.25) is 5.02 Å². The van der Waals surface area contributed by atoms with Gasteiger partial charge in [-0.2, -0.15) is 0 Å². The van der Waals surface area contributed by atoms with Crippen molar-refractivity contribution in [3.8, 4) is 5.75 Å². The van der Waals surface area contributed by atoms with Crippen LogP contribution in [-0.2, 0) is 4.79 Å². The fourth-order valence-electron chi connectivity index (χ4n) is 2.28. The largest absolute Gasteiger partial charge is 0.496 e. The van der Waals surface area contributed by atoms with Gasteiger partial charge in [0.25, 0.3) is 0 Å². The minimum atomic E-state index is -0.762. The van der Waals surface area contributed by atoms with Crippen molar-refractivity contribution in [2.24, 2.45) is 5.92 Å². The molecule has 0 aromatic heterocycles. The summed E-state index contributed by atoms with van der Waals surface area (Å²) in [5, 5.41) is 12.9. The number of hydrogen-bond donors (Lipinski definition) is 2. The Labute approximate surface area is 111 Å². The molecule has 2 N–H and O–H groups in total. The van der Waals surface area contributed by atoms with Crippen LogP contribution in [0.3, 0.4) is 0 Å². The van der Waals surface area contributed by atoms with Gasteiger partial charge in [-0.25, -0.2) is 0 Å². The zero-order chi connectivity index (χ0) is 13.3. The molecule has 0 saturated carbocycles. The van der Waals surface area contributed by atoms with Crippen molar-refractivity contribution in [3.05, 3.63) is 28.3 Å². The second-order valence-electron chi connectivity index (χ2n) is 4.58. The number of aliphatic carboxylic acids is 1. The van der Waals surface area contributed by atoms with Crippen molar-refractivity contribution >= 4 is 17.6 Å². The Bertz CT molecular complexity index is 476. The van der Waals surface area contributed by atoms with Crippen LogP contribution in [0.4, 0.5) is 0 Å². The molecule has 1 aromatic rings. The smallest absolute Gasteiger partial charge is 0.307 e. The van der Waals surface area contributed by atoms with Crippen LogP contribution in [-0.4, -0.2) is 24.7 Å². The maximum Gasteiger partial charge on any atom is 0.307 e. The molecule has 0 bridgehead atoms. The number of methoxy groups -OCH3 is 1. The van der Waals surface area contributed by atoms with Crippen LogP contribution in [0.25, 0.3) is 0 Å². The van der Waals surface area contributed by atoms with Gasteiger partial charge in [-0.05, 0) is 31.0 Å². The van der Waals surface area contributed by atoms with Crippen molar-refractivity contribution in [1.82, 2.24) is 5.32 Å². The van der Waals surface area contributed by atoms with E-state index in [2.05, 4.69) is 5.32 Å². The Hall–Kier alpha value is -1.26. The molecule has 1 aliphatic rings. The molecule has 0 amide bonds. The van der Waals surface area contributed by atoms with Crippen LogP contribution in [0, 0.1) is 12.8 Å². The number of aryl methyl sites for hydroxylation is 1. The SMILES string of the molecule is COc1cc(C)c(Cl)cc1C1CC(C(=O)O)CN1. The van der Waals surface area contributed by atoms with Crippen LogP contribution in [0.5, 0.6) is 5.75 Å². The van der Waals surface area contributed by atoms with E-state index < -0.39 is 5.97 Å². The molecule has 5 heteroatoms. The summed E-state index contributed by atoms with van der Waals surface area (Å²) in [6, 6.07) is 3.73. The fourth-order valence-corrected chi connectivity index (χ4v) is 2.45. The van der Waals surface area contributed by atoms with Gasteiger partial charge < -0.3 is 15.2 Å². The summed E-state index contributed by atoms with van der Waals surface area (Å²) >= 11 is 6.12. The lowest BCUT2D eigenvalue weighted by Gasteiger charge is -2.16. The lowest BCUT2D eigenvalue weighted by molar-refractivity contribution is -0.141. The number of nitrogens with one attached hydrogen (secondary N) is 1. The van der Waals surface area contributed by atoms with Crippen molar-refractivity contribution in [2.75, 3.05) is 13.7 Å². The third kappa shape index (κ3) is 2.44. The molecule has 18 heavy (non-hydrogen) atoms. The standard InChI is InChI=1S/C13H16ClNO3/c1-7-3-12(18-2)9(5-10(7)14)11-4-8(6-15-11)13(16)17/h3,5,8,11,15H,4,6H2,1-2H3,(H,16,17). The molecule has 1 aromatic carbocycles. The number of ether oxygens (including phenoxy) is 1. The van der Waals surface area contributed by atoms with Crippen molar-refractivity contribution in [2.45, 2.75) is 19.4 Å². The fraction of sp³-hybridized carbons (Fsp3) is 0.462. The monoisotopic (exact) mass is 269 g/mol. The first-order chi connectivity index (χ1) is 8.52. The van der Waals surface area contributed by atoms with Crippen LogP contribution in [0.1, 0.15) is 23.6 Å². The summed E-state index contributed by atoms with van der Waals surface area (Å²) in [7, 11) is 1.61. The van der Waals surface area contributed by atoms with Crippen molar-refractivity contribution < 1.29 is 14.6 Å². The molecule has 1 saturated heterocycles. The topological polar surface area (TPSA) is 58.6 Å². The molecule has 2 rings (SSSR count). The molecular weight excluding hydrogens is 254 g/mol. The molecule has 2 unspecified atom stereocenters. The molecule has 98 valence electrons. The molecule has 1 fully saturated rings. The maximum atomic E-state index is 11.0. The first-order valence-corrected chi connectivity index (χ1v) is 6.21.